The second-order valence-electron chi connectivity index (χ2n) is 5.64. The first kappa shape index (κ1) is 18.0. The van der Waals surface area contributed by atoms with Crippen molar-refractivity contribution >= 4 is 27.1 Å². The molecular weight excluding hydrogens is 359 g/mol. The van der Waals surface area contributed by atoms with Crippen LogP contribution in [0.2, 0.25) is 0 Å². The van der Waals surface area contributed by atoms with E-state index in [2.05, 4.69) is 4.98 Å². The van der Waals surface area contributed by atoms with Gasteiger partial charge in [0.1, 0.15) is 5.82 Å². The van der Waals surface area contributed by atoms with Crippen LogP contribution in [0.5, 0.6) is 0 Å². The van der Waals surface area contributed by atoms with Crippen molar-refractivity contribution < 1.29 is 22.3 Å². The zero-order chi connectivity index (χ0) is 18.9. The number of pyridine rings is 1. The van der Waals surface area contributed by atoms with E-state index >= 15 is 0 Å². The van der Waals surface area contributed by atoms with Gasteiger partial charge in [-0.2, -0.15) is 0 Å². The second-order valence-corrected chi connectivity index (χ2v) is 7.20. The molecule has 2 aromatic rings. The van der Waals surface area contributed by atoms with Crippen LogP contribution in [0.3, 0.4) is 0 Å². The number of esters is 1. The maximum atomic E-state index is 13.2. The molecule has 1 aromatic heterocycles. The van der Waals surface area contributed by atoms with Gasteiger partial charge < -0.3 is 4.74 Å². The molecule has 1 aliphatic carbocycles. The molecule has 0 amide bonds. The summed E-state index contributed by atoms with van der Waals surface area (Å²) in [6.45, 7) is 0. The number of halogens is 1. The van der Waals surface area contributed by atoms with Gasteiger partial charge in [-0.25, -0.2) is 17.9 Å². The van der Waals surface area contributed by atoms with Gasteiger partial charge in [0.2, 0.25) is 10.0 Å². The number of aromatic nitrogens is 1. The molecule has 0 aliphatic heterocycles. The molecule has 0 bridgehead atoms. The number of nitrogens with zero attached hydrogens (tertiary/aromatic N) is 1. The van der Waals surface area contributed by atoms with E-state index < -0.39 is 27.7 Å². The highest BCUT2D eigenvalue weighted by molar-refractivity contribution is 7.89. The Labute approximate surface area is 149 Å². The van der Waals surface area contributed by atoms with Gasteiger partial charge in [-0.05, 0) is 35.4 Å². The summed E-state index contributed by atoms with van der Waals surface area (Å²) in [5, 5.41) is 5.11. The predicted octanol–water partition coefficient (Wildman–Crippen LogP) is 2.14. The zero-order valence-electron chi connectivity index (χ0n) is 13.7. The van der Waals surface area contributed by atoms with E-state index in [-0.39, 0.29) is 4.90 Å². The van der Waals surface area contributed by atoms with Crippen molar-refractivity contribution in [1.82, 2.24) is 4.98 Å². The molecule has 1 unspecified atom stereocenters. The molecule has 2 N–H and O–H groups in total. The van der Waals surface area contributed by atoms with Gasteiger partial charge in [0.25, 0.3) is 0 Å². The monoisotopic (exact) mass is 374 g/mol. The molecule has 1 aliphatic rings. The number of carbonyl (C=O) groups is 1. The van der Waals surface area contributed by atoms with Crippen LogP contribution >= 0.6 is 0 Å². The SMILES string of the molecule is COC(=O)C1C=C(c2ccc(S(N)(=O)=O)cc2)C(c2ccc(F)cn2)=C1. The number of methoxy groups -OCH3 is 1. The molecule has 0 fully saturated rings. The second kappa shape index (κ2) is 6.81. The summed E-state index contributed by atoms with van der Waals surface area (Å²) in [7, 11) is -2.51. The van der Waals surface area contributed by atoms with Gasteiger partial charge in [0.05, 0.1) is 29.8 Å². The molecule has 3 rings (SSSR count). The van der Waals surface area contributed by atoms with Crippen molar-refractivity contribution in [2.75, 3.05) is 7.11 Å². The van der Waals surface area contributed by atoms with Gasteiger partial charge in [0.15, 0.2) is 0 Å². The van der Waals surface area contributed by atoms with Crippen molar-refractivity contribution in [2.45, 2.75) is 4.90 Å². The number of allylic oxidation sites excluding steroid dienone is 2. The smallest absolute Gasteiger partial charge is 0.316 e. The summed E-state index contributed by atoms with van der Waals surface area (Å²) < 4.78 is 40.8. The standard InChI is InChI=1S/C18H15FN2O4S/c1-25-18(22)12-8-15(11-2-5-14(6-3-11)26(20,23)24)16(9-12)17-7-4-13(19)10-21-17/h2-10,12H,1H3,(H2,20,23,24). The Kier molecular flexibility index (Phi) is 4.71. The van der Waals surface area contributed by atoms with E-state index in [0.717, 1.165) is 6.20 Å². The van der Waals surface area contributed by atoms with Crippen LogP contribution < -0.4 is 5.14 Å². The highest BCUT2D eigenvalue weighted by Crippen LogP contribution is 2.38. The van der Waals surface area contributed by atoms with E-state index in [1.165, 1.54) is 31.4 Å². The van der Waals surface area contributed by atoms with Crippen molar-refractivity contribution in [3.8, 4) is 0 Å². The average molecular weight is 374 g/mol. The summed E-state index contributed by atoms with van der Waals surface area (Å²) >= 11 is 0. The molecule has 0 saturated heterocycles. The minimum atomic E-state index is -3.80. The number of ether oxygens (including phenoxy) is 1. The van der Waals surface area contributed by atoms with Crippen LogP contribution in [-0.2, 0) is 19.6 Å². The number of hydrogen-bond donors (Lipinski definition) is 1. The Morgan fingerprint density at radius 3 is 2.31 bits per heavy atom. The van der Waals surface area contributed by atoms with Gasteiger partial charge in [-0.1, -0.05) is 24.3 Å². The summed E-state index contributed by atoms with van der Waals surface area (Å²) in [5.74, 6) is -1.53. The van der Waals surface area contributed by atoms with Crippen molar-refractivity contribution in [2.24, 2.45) is 11.1 Å². The van der Waals surface area contributed by atoms with Crippen LogP contribution in [0.25, 0.3) is 11.1 Å². The Bertz CT molecular complexity index is 1010. The fourth-order valence-electron chi connectivity index (χ4n) is 2.69. The summed E-state index contributed by atoms with van der Waals surface area (Å²) in [6.07, 6.45) is 4.45. The fourth-order valence-corrected chi connectivity index (χ4v) is 3.21. The molecule has 1 aromatic carbocycles. The minimum Gasteiger partial charge on any atom is -0.468 e. The van der Waals surface area contributed by atoms with Crippen LogP contribution in [-0.4, -0.2) is 26.5 Å². The van der Waals surface area contributed by atoms with Crippen molar-refractivity contribution in [3.05, 3.63) is 71.8 Å². The average Bonchev–Trinajstić information content (AvgIpc) is 3.06. The van der Waals surface area contributed by atoms with Gasteiger partial charge in [0, 0.05) is 5.57 Å². The van der Waals surface area contributed by atoms with Crippen LogP contribution in [0, 0.1) is 11.7 Å². The predicted molar refractivity (Wildman–Crippen MR) is 93.5 cm³/mol. The number of sulfonamides is 1. The number of benzene rings is 1. The zero-order valence-corrected chi connectivity index (χ0v) is 14.5. The highest BCUT2D eigenvalue weighted by Gasteiger charge is 2.26. The molecule has 6 nitrogen and oxygen atoms in total. The lowest BCUT2D eigenvalue weighted by Gasteiger charge is -2.09. The Hall–Kier alpha value is -2.84. The lowest BCUT2D eigenvalue weighted by molar-refractivity contribution is -0.142. The molecule has 0 radical (unpaired) electrons. The minimum absolute atomic E-state index is 0.0187. The van der Waals surface area contributed by atoms with Crippen LogP contribution in [0.4, 0.5) is 4.39 Å². The summed E-state index contributed by atoms with van der Waals surface area (Å²) in [4.78, 5) is 16.0. The third-order valence-electron chi connectivity index (χ3n) is 3.95. The molecule has 0 saturated carbocycles. The van der Waals surface area contributed by atoms with Crippen LogP contribution in [0.1, 0.15) is 11.3 Å². The third-order valence-corrected chi connectivity index (χ3v) is 4.88. The molecule has 134 valence electrons. The van der Waals surface area contributed by atoms with E-state index in [4.69, 9.17) is 9.88 Å². The normalized spacial score (nSPS) is 16.8. The highest BCUT2D eigenvalue weighted by atomic mass is 32.2. The number of rotatable bonds is 4. The van der Waals surface area contributed by atoms with E-state index in [9.17, 15) is 17.6 Å². The van der Waals surface area contributed by atoms with Gasteiger partial charge >= 0.3 is 5.97 Å². The quantitative estimate of drug-likeness (QED) is 0.827. The Morgan fingerprint density at radius 1 is 1.12 bits per heavy atom. The summed E-state index contributed by atoms with van der Waals surface area (Å²) in [6, 6.07) is 8.72. The lowest BCUT2D eigenvalue weighted by atomic mass is 9.98. The molecule has 26 heavy (non-hydrogen) atoms. The lowest BCUT2D eigenvalue weighted by Crippen LogP contribution is -2.11. The largest absolute Gasteiger partial charge is 0.468 e. The number of primary sulfonamides is 1. The third kappa shape index (κ3) is 3.56. The topological polar surface area (TPSA) is 99.4 Å². The maximum Gasteiger partial charge on any atom is 0.316 e. The van der Waals surface area contributed by atoms with Crippen LogP contribution in [0.15, 0.2) is 59.6 Å². The molecule has 1 atom stereocenters. The molecule has 0 spiro atoms. The van der Waals surface area contributed by atoms with Crippen molar-refractivity contribution in [3.63, 3.8) is 0 Å². The molecule has 1 heterocycles. The number of carbonyl (C=O) groups excluding carboxylic acids is 1. The number of nitrogens with two attached hydrogens (primary N) is 1. The first-order chi connectivity index (χ1) is 12.3. The Morgan fingerprint density at radius 2 is 1.77 bits per heavy atom. The van der Waals surface area contributed by atoms with E-state index in [0.29, 0.717) is 22.4 Å². The first-order valence-corrected chi connectivity index (χ1v) is 9.11. The van der Waals surface area contributed by atoms with Gasteiger partial charge in [-0.3, -0.25) is 9.78 Å². The first-order valence-electron chi connectivity index (χ1n) is 7.56. The molecule has 8 heteroatoms. The molecular formula is C18H15FN2O4S. The Balaban J connectivity index is 2.05. The summed E-state index contributed by atoms with van der Waals surface area (Å²) in [5.41, 5.74) is 2.45. The van der Waals surface area contributed by atoms with E-state index in [1.807, 2.05) is 0 Å². The fraction of sp³-hybridized carbons (Fsp3) is 0.111. The van der Waals surface area contributed by atoms with Crippen molar-refractivity contribution in [1.29, 1.82) is 0 Å². The maximum absolute atomic E-state index is 13.2. The van der Waals surface area contributed by atoms with Gasteiger partial charge in [-0.15, -0.1) is 0 Å². The van der Waals surface area contributed by atoms with E-state index in [1.54, 1.807) is 24.3 Å². The number of hydrogen-bond acceptors (Lipinski definition) is 5.